The van der Waals surface area contributed by atoms with E-state index in [9.17, 15) is 17.2 Å². The summed E-state index contributed by atoms with van der Waals surface area (Å²) in [6, 6.07) is 10.9. The third-order valence-electron chi connectivity index (χ3n) is 5.40. The molecule has 0 unspecified atom stereocenters. The third-order valence-corrected chi connectivity index (χ3v) is 6.83. The van der Waals surface area contributed by atoms with E-state index in [0.717, 1.165) is 36.8 Å². The second kappa shape index (κ2) is 9.51. The molecule has 2 aromatic carbocycles. The zero-order chi connectivity index (χ0) is 21.9. The van der Waals surface area contributed by atoms with E-state index < -0.39 is 21.7 Å². The van der Waals surface area contributed by atoms with E-state index in [1.165, 1.54) is 12.1 Å². The lowest BCUT2D eigenvalue weighted by Crippen LogP contribution is -2.48. The molecule has 1 aliphatic rings. The first-order chi connectivity index (χ1) is 14.2. The molecule has 1 N–H and O–H groups in total. The summed E-state index contributed by atoms with van der Waals surface area (Å²) in [5.41, 5.74) is 2.21. The van der Waals surface area contributed by atoms with Crippen LogP contribution in [-0.4, -0.2) is 63.4 Å². The predicted molar refractivity (Wildman–Crippen MR) is 116 cm³/mol. The van der Waals surface area contributed by atoms with E-state index in [1.807, 2.05) is 38.4 Å². The van der Waals surface area contributed by atoms with Crippen LogP contribution in [0.1, 0.15) is 18.9 Å². The van der Waals surface area contributed by atoms with E-state index in [1.54, 1.807) is 6.92 Å². The molecule has 1 fully saturated rings. The van der Waals surface area contributed by atoms with Crippen LogP contribution in [0.5, 0.6) is 0 Å². The lowest BCUT2D eigenvalue weighted by atomic mass is 9.97. The Kier molecular flexibility index (Phi) is 7.23. The molecular weight excluding hydrogens is 408 g/mol. The highest BCUT2D eigenvalue weighted by atomic mass is 32.2. The number of halogens is 2. The fourth-order valence-electron chi connectivity index (χ4n) is 4.02. The molecule has 0 aliphatic carbocycles. The number of hydrogen-bond acceptors (Lipinski definition) is 4. The van der Waals surface area contributed by atoms with Crippen LogP contribution < -0.4 is 4.72 Å². The highest BCUT2D eigenvalue weighted by Gasteiger charge is 2.36. The highest BCUT2D eigenvalue weighted by Crippen LogP contribution is 2.26. The van der Waals surface area contributed by atoms with Crippen molar-refractivity contribution in [1.29, 1.82) is 0 Å². The van der Waals surface area contributed by atoms with Crippen LogP contribution in [0.25, 0.3) is 11.1 Å². The van der Waals surface area contributed by atoms with Gasteiger partial charge < -0.3 is 0 Å². The fourth-order valence-corrected chi connectivity index (χ4v) is 4.92. The minimum Gasteiger partial charge on any atom is -0.297 e. The summed E-state index contributed by atoms with van der Waals surface area (Å²) in [5.74, 6) is -1.18. The van der Waals surface area contributed by atoms with Crippen LogP contribution in [0.4, 0.5) is 8.78 Å². The maximum atomic E-state index is 13.6. The molecule has 164 valence electrons. The standard InChI is InChI=1S/C22H29F2N3O2S/c1-4-30(28,29)25-21-8-9-27(15-26(2)3)22(21)11-16-6-5-7-17(10-16)18-12-19(23)14-20(24)13-18/h5-7,10,12-14,21-22,25H,4,8-9,11,15H2,1-3H3/t21-,22-/m0/s1. The summed E-state index contributed by atoms with van der Waals surface area (Å²) in [6.45, 7) is 3.16. The van der Waals surface area contributed by atoms with E-state index >= 15 is 0 Å². The first-order valence-electron chi connectivity index (χ1n) is 10.1. The van der Waals surface area contributed by atoms with E-state index in [0.29, 0.717) is 12.0 Å². The molecule has 0 amide bonds. The molecule has 0 radical (unpaired) electrons. The molecule has 5 nitrogen and oxygen atoms in total. The smallest absolute Gasteiger partial charge is 0.211 e. The third kappa shape index (κ3) is 5.85. The Balaban J connectivity index is 1.86. The average molecular weight is 438 g/mol. The van der Waals surface area contributed by atoms with Crippen molar-refractivity contribution in [3.8, 4) is 11.1 Å². The van der Waals surface area contributed by atoms with Crippen molar-refractivity contribution in [2.75, 3.05) is 33.1 Å². The highest BCUT2D eigenvalue weighted by molar-refractivity contribution is 7.89. The molecule has 0 bridgehead atoms. The first kappa shape index (κ1) is 22.8. The summed E-state index contributed by atoms with van der Waals surface area (Å²) < 4.78 is 54.5. The minimum atomic E-state index is -3.31. The minimum absolute atomic E-state index is 0.00628. The van der Waals surface area contributed by atoms with Gasteiger partial charge in [-0.25, -0.2) is 21.9 Å². The number of benzene rings is 2. The maximum Gasteiger partial charge on any atom is 0.211 e. The molecule has 2 aromatic rings. The summed E-state index contributed by atoms with van der Waals surface area (Å²) in [4.78, 5) is 4.34. The first-order valence-corrected chi connectivity index (χ1v) is 11.8. The zero-order valence-electron chi connectivity index (χ0n) is 17.6. The lowest BCUT2D eigenvalue weighted by molar-refractivity contribution is 0.155. The van der Waals surface area contributed by atoms with Crippen LogP contribution in [0, 0.1) is 11.6 Å². The Labute approximate surface area is 177 Å². The Bertz CT molecular complexity index is 962. The SMILES string of the molecule is CCS(=O)(=O)N[C@H]1CCN(CN(C)C)[C@H]1Cc1cccc(-c2cc(F)cc(F)c2)c1. The number of nitrogens with zero attached hydrogens (tertiary/aromatic N) is 2. The second-order valence-corrected chi connectivity index (χ2v) is 10.1. The van der Waals surface area contributed by atoms with Crippen LogP contribution in [-0.2, 0) is 16.4 Å². The summed E-state index contributed by atoms with van der Waals surface area (Å²) in [6.07, 6.45) is 1.38. The molecule has 1 aliphatic heterocycles. The summed E-state index contributed by atoms with van der Waals surface area (Å²) in [7, 11) is 0.657. The molecule has 30 heavy (non-hydrogen) atoms. The number of nitrogens with one attached hydrogen (secondary N) is 1. The van der Waals surface area contributed by atoms with Crippen LogP contribution >= 0.6 is 0 Å². The zero-order valence-corrected chi connectivity index (χ0v) is 18.4. The average Bonchev–Trinajstić information content (AvgIpc) is 3.01. The molecule has 1 heterocycles. The van der Waals surface area contributed by atoms with Crippen LogP contribution in [0.2, 0.25) is 0 Å². The van der Waals surface area contributed by atoms with Crippen LogP contribution in [0.3, 0.4) is 0 Å². The quantitative estimate of drug-likeness (QED) is 0.690. The Morgan fingerprint density at radius 1 is 1.10 bits per heavy atom. The topological polar surface area (TPSA) is 52.7 Å². The van der Waals surface area contributed by atoms with Crippen molar-refractivity contribution >= 4 is 10.0 Å². The molecule has 3 rings (SSSR count). The molecular formula is C22H29F2N3O2S. The number of hydrogen-bond donors (Lipinski definition) is 1. The molecule has 2 atom stereocenters. The van der Waals surface area contributed by atoms with Gasteiger partial charge in [0.2, 0.25) is 10.0 Å². The van der Waals surface area contributed by atoms with Gasteiger partial charge in [-0.05, 0) is 62.7 Å². The predicted octanol–water partition coefficient (Wildman–Crippen LogP) is 3.08. The molecule has 0 aromatic heterocycles. The normalized spacial score (nSPS) is 20.2. The van der Waals surface area contributed by atoms with Gasteiger partial charge in [0.05, 0.1) is 12.4 Å². The summed E-state index contributed by atoms with van der Waals surface area (Å²) in [5, 5.41) is 0. The Morgan fingerprint density at radius 3 is 2.43 bits per heavy atom. The van der Waals surface area contributed by atoms with Gasteiger partial charge in [-0.2, -0.15) is 0 Å². The fraction of sp³-hybridized carbons (Fsp3) is 0.455. The molecule has 8 heteroatoms. The van der Waals surface area contributed by atoms with Crippen molar-refractivity contribution in [3.63, 3.8) is 0 Å². The van der Waals surface area contributed by atoms with Gasteiger partial charge in [0, 0.05) is 24.7 Å². The molecule has 1 saturated heterocycles. The van der Waals surface area contributed by atoms with Crippen molar-refractivity contribution in [2.24, 2.45) is 0 Å². The van der Waals surface area contributed by atoms with E-state index in [4.69, 9.17) is 0 Å². The van der Waals surface area contributed by atoms with Gasteiger partial charge in [0.25, 0.3) is 0 Å². The number of rotatable bonds is 8. The summed E-state index contributed by atoms with van der Waals surface area (Å²) >= 11 is 0. The van der Waals surface area contributed by atoms with Gasteiger partial charge in [-0.1, -0.05) is 24.3 Å². The van der Waals surface area contributed by atoms with Gasteiger partial charge >= 0.3 is 0 Å². The van der Waals surface area contributed by atoms with E-state index in [-0.39, 0.29) is 17.8 Å². The van der Waals surface area contributed by atoms with Crippen molar-refractivity contribution in [2.45, 2.75) is 31.8 Å². The Morgan fingerprint density at radius 2 is 1.80 bits per heavy atom. The number of likely N-dealkylation sites (tertiary alicyclic amines) is 1. The monoisotopic (exact) mass is 437 g/mol. The number of sulfonamides is 1. The lowest BCUT2D eigenvalue weighted by Gasteiger charge is -2.30. The van der Waals surface area contributed by atoms with Gasteiger partial charge in [-0.3, -0.25) is 9.80 Å². The van der Waals surface area contributed by atoms with Gasteiger partial charge in [-0.15, -0.1) is 0 Å². The van der Waals surface area contributed by atoms with Gasteiger partial charge in [0.1, 0.15) is 11.6 Å². The van der Waals surface area contributed by atoms with Crippen molar-refractivity contribution in [3.05, 3.63) is 59.7 Å². The Hall–Kier alpha value is -1.87. The maximum absolute atomic E-state index is 13.6. The molecule has 0 spiro atoms. The second-order valence-electron chi connectivity index (χ2n) is 8.08. The largest absolute Gasteiger partial charge is 0.297 e. The van der Waals surface area contributed by atoms with E-state index in [2.05, 4.69) is 14.5 Å². The molecule has 0 saturated carbocycles. The van der Waals surface area contributed by atoms with Crippen molar-refractivity contribution < 1.29 is 17.2 Å². The van der Waals surface area contributed by atoms with Crippen LogP contribution in [0.15, 0.2) is 42.5 Å². The van der Waals surface area contributed by atoms with Crippen molar-refractivity contribution in [1.82, 2.24) is 14.5 Å². The van der Waals surface area contributed by atoms with Gasteiger partial charge in [0.15, 0.2) is 0 Å².